The second-order valence-corrected chi connectivity index (χ2v) is 5.36. The third-order valence-corrected chi connectivity index (χ3v) is 4.13. The lowest BCUT2D eigenvalue weighted by molar-refractivity contribution is -0.0636. The highest BCUT2D eigenvalue weighted by molar-refractivity contribution is 5.84. The highest BCUT2D eigenvalue weighted by atomic mass is 16.5. The predicted molar refractivity (Wildman–Crippen MR) is 77.8 cm³/mol. The van der Waals surface area contributed by atoms with E-state index in [9.17, 15) is 0 Å². The van der Waals surface area contributed by atoms with Gasteiger partial charge in [0, 0.05) is 11.8 Å². The van der Waals surface area contributed by atoms with E-state index < -0.39 is 0 Å². The standard InChI is InChI=1S/C17H17NO2/c1-19-16-6-4-13-9-15(5-3-14(13)10-16)17(7-2-8-18)11-20-12-17/h3-6,9-10H,2,7,11-12H2,1H3. The summed E-state index contributed by atoms with van der Waals surface area (Å²) >= 11 is 0. The summed E-state index contributed by atoms with van der Waals surface area (Å²) in [5, 5.41) is 11.2. The molecule has 1 heterocycles. The van der Waals surface area contributed by atoms with Crippen molar-refractivity contribution >= 4 is 10.8 Å². The van der Waals surface area contributed by atoms with Gasteiger partial charge in [-0.05, 0) is 34.9 Å². The summed E-state index contributed by atoms with van der Waals surface area (Å²) in [7, 11) is 1.68. The first-order valence-electron chi connectivity index (χ1n) is 6.80. The number of hydrogen-bond acceptors (Lipinski definition) is 3. The molecule has 0 N–H and O–H groups in total. The number of nitrogens with zero attached hydrogens (tertiary/aromatic N) is 1. The lowest BCUT2D eigenvalue weighted by atomic mass is 9.74. The Morgan fingerprint density at radius 3 is 2.60 bits per heavy atom. The smallest absolute Gasteiger partial charge is 0.119 e. The van der Waals surface area contributed by atoms with E-state index in [4.69, 9.17) is 14.7 Å². The normalized spacial score (nSPS) is 16.4. The zero-order chi connectivity index (χ0) is 14.0. The largest absolute Gasteiger partial charge is 0.497 e. The molecule has 20 heavy (non-hydrogen) atoms. The van der Waals surface area contributed by atoms with Gasteiger partial charge in [0.1, 0.15) is 5.75 Å². The van der Waals surface area contributed by atoms with Gasteiger partial charge in [-0.3, -0.25) is 0 Å². The summed E-state index contributed by atoms with van der Waals surface area (Å²) in [6.45, 7) is 1.44. The molecule has 0 spiro atoms. The van der Waals surface area contributed by atoms with Gasteiger partial charge >= 0.3 is 0 Å². The molecule has 0 aliphatic carbocycles. The molecular weight excluding hydrogens is 250 g/mol. The molecule has 3 rings (SSSR count). The van der Waals surface area contributed by atoms with Crippen LogP contribution in [0, 0.1) is 11.3 Å². The SMILES string of the molecule is COc1ccc2cc(C3(CCC#N)COC3)ccc2c1. The molecular formula is C17H17NO2. The molecule has 3 heteroatoms. The van der Waals surface area contributed by atoms with Crippen molar-refractivity contribution in [2.45, 2.75) is 18.3 Å². The minimum atomic E-state index is 0.0316. The van der Waals surface area contributed by atoms with Gasteiger partial charge in [-0.1, -0.05) is 24.3 Å². The summed E-state index contributed by atoms with van der Waals surface area (Å²) in [6.07, 6.45) is 1.44. The zero-order valence-electron chi connectivity index (χ0n) is 11.6. The monoisotopic (exact) mass is 267 g/mol. The minimum absolute atomic E-state index is 0.0316. The number of benzene rings is 2. The van der Waals surface area contributed by atoms with Gasteiger partial charge in [0.25, 0.3) is 0 Å². The molecule has 0 bridgehead atoms. The van der Waals surface area contributed by atoms with Crippen molar-refractivity contribution in [1.82, 2.24) is 0 Å². The van der Waals surface area contributed by atoms with Crippen LogP contribution in [0.2, 0.25) is 0 Å². The first-order chi connectivity index (χ1) is 9.77. The quantitative estimate of drug-likeness (QED) is 0.852. The predicted octanol–water partition coefficient (Wildman–Crippen LogP) is 3.42. The highest BCUT2D eigenvalue weighted by Crippen LogP contribution is 2.38. The van der Waals surface area contributed by atoms with E-state index in [2.05, 4.69) is 30.3 Å². The number of rotatable bonds is 4. The number of ether oxygens (including phenoxy) is 2. The first kappa shape index (κ1) is 13.0. The fourth-order valence-electron chi connectivity index (χ4n) is 2.78. The summed E-state index contributed by atoms with van der Waals surface area (Å²) in [5.41, 5.74) is 1.31. The first-order valence-corrected chi connectivity index (χ1v) is 6.80. The maximum absolute atomic E-state index is 8.82. The van der Waals surface area contributed by atoms with Crippen LogP contribution in [0.25, 0.3) is 10.8 Å². The van der Waals surface area contributed by atoms with Gasteiger partial charge in [-0.15, -0.1) is 0 Å². The molecule has 102 valence electrons. The molecule has 0 atom stereocenters. The topological polar surface area (TPSA) is 42.2 Å². The Morgan fingerprint density at radius 1 is 1.20 bits per heavy atom. The van der Waals surface area contributed by atoms with Gasteiger partial charge in [0.15, 0.2) is 0 Å². The fraction of sp³-hybridized carbons (Fsp3) is 0.353. The molecule has 0 amide bonds. The molecule has 0 aromatic heterocycles. The summed E-state index contributed by atoms with van der Waals surface area (Å²) in [5.74, 6) is 0.872. The summed E-state index contributed by atoms with van der Waals surface area (Å²) < 4.78 is 10.7. The highest BCUT2D eigenvalue weighted by Gasteiger charge is 2.39. The van der Waals surface area contributed by atoms with E-state index in [-0.39, 0.29) is 5.41 Å². The van der Waals surface area contributed by atoms with Crippen LogP contribution in [0.5, 0.6) is 5.75 Å². The van der Waals surface area contributed by atoms with E-state index >= 15 is 0 Å². The van der Waals surface area contributed by atoms with Crippen molar-refractivity contribution in [3.05, 3.63) is 42.0 Å². The molecule has 2 aromatic carbocycles. The van der Waals surface area contributed by atoms with Crippen LogP contribution < -0.4 is 4.74 Å². The fourth-order valence-corrected chi connectivity index (χ4v) is 2.78. The molecule has 1 aliphatic heterocycles. The number of nitriles is 1. The second-order valence-electron chi connectivity index (χ2n) is 5.36. The molecule has 0 radical (unpaired) electrons. The van der Waals surface area contributed by atoms with E-state index in [0.29, 0.717) is 6.42 Å². The Hall–Kier alpha value is -2.05. The lowest BCUT2D eigenvalue weighted by Crippen LogP contribution is -2.46. The van der Waals surface area contributed by atoms with Gasteiger partial charge in [-0.25, -0.2) is 0 Å². The lowest BCUT2D eigenvalue weighted by Gasteiger charge is -2.41. The molecule has 1 fully saturated rings. The van der Waals surface area contributed by atoms with Gasteiger partial charge in [0.05, 0.1) is 26.4 Å². The maximum Gasteiger partial charge on any atom is 0.119 e. The van der Waals surface area contributed by atoms with Crippen LogP contribution in [0.4, 0.5) is 0 Å². The molecule has 0 saturated carbocycles. The number of hydrogen-bond donors (Lipinski definition) is 0. The molecule has 0 unspecified atom stereocenters. The van der Waals surface area contributed by atoms with Crippen LogP contribution in [0.3, 0.4) is 0 Å². The Kier molecular flexibility index (Phi) is 3.33. The third-order valence-electron chi connectivity index (χ3n) is 4.13. The van der Waals surface area contributed by atoms with Crippen LogP contribution in [0.15, 0.2) is 36.4 Å². The van der Waals surface area contributed by atoms with Crippen molar-refractivity contribution in [3.63, 3.8) is 0 Å². The average Bonchev–Trinajstić information content (AvgIpc) is 2.45. The van der Waals surface area contributed by atoms with Gasteiger partial charge in [0.2, 0.25) is 0 Å². The van der Waals surface area contributed by atoms with E-state index in [0.717, 1.165) is 25.4 Å². The Morgan fingerprint density at radius 2 is 1.95 bits per heavy atom. The van der Waals surface area contributed by atoms with Gasteiger partial charge in [-0.2, -0.15) is 5.26 Å². The second kappa shape index (κ2) is 5.15. The van der Waals surface area contributed by atoms with Crippen molar-refractivity contribution < 1.29 is 9.47 Å². The minimum Gasteiger partial charge on any atom is -0.497 e. The Balaban J connectivity index is 1.98. The van der Waals surface area contributed by atoms with E-state index in [1.54, 1.807) is 7.11 Å². The molecule has 3 nitrogen and oxygen atoms in total. The van der Waals surface area contributed by atoms with Crippen molar-refractivity contribution in [2.24, 2.45) is 0 Å². The van der Waals surface area contributed by atoms with Gasteiger partial charge < -0.3 is 9.47 Å². The number of methoxy groups -OCH3 is 1. The van der Waals surface area contributed by atoms with Crippen molar-refractivity contribution in [1.29, 1.82) is 5.26 Å². The average molecular weight is 267 g/mol. The van der Waals surface area contributed by atoms with Crippen LogP contribution in [-0.2, 0) is 10.2 Å². The van der Waals surface area contributed by atoms with Crippen LogP contribution in [0.1, 0.15) is 18.4 Å². The van der Waals surface area contributed by atoms with Crippen LogP contribution in [-0.4, -0.2) is 20.3 Å². The molecule has 1 saturated heterocycles. The molecule has 1 aliphatic rings. The Bertz CT molecular complexity index is 668. The summed E-state index contributed by atoms with van der Waals surface area (Å²) in [4.78, 5) is 0. The van der Waals surface area contributed by atoms with E-state index in [1.807, 2.05) is 12.1 Å². The zero-order valence-corrected chi connectivity index (χ0v) is 11.6. The van der Waals surface area contributed by atoms with Crippen molar-refractivity contribution in [3.8, 4) is 11.8 Å². The third kappa shape index (κ3) is 2.13. The maximum atomic E-state index is 8.82. The van der Waals surface area contributed by atoms with Crippen molar-refractivity contribution in [2.75, 3.05) is 20.3 Å². The van der Waals surface area contributed by atoms with E-state index in [1.165, 1.54) is 16.3 Å². The molecule has 2 aromatic rings. The Labute approximate surface area is 118 Å². The number of fused-ring (bicyclic) bond motifs is 1. The summed E-state index contributed by atoms with van der Waals surface area (Å²) in [6, 6.07) is 14.8. The van der Waals surface area contributed by atoms with Crippen LogP contribution >= 0.6 is 0 Å².